The van der Waals surface area contributed by atoms with Crippen LogP contribution in [0, 0.1) is 4.77 Å². The monoisotopic (exact) mass is 264 g/mol. The molecule has 6 nitrogen and oxygen atoms in total. The summed E-state index contributed by atoms with van der Waals surface area (Å²) in [5, 5.41) is 8.91. The number of H-pyrrole nitrogens is 1. The van der Waals surface area contributed by atoms with E-state index >= 15 is 0 Å². The lowest BCUT2D eigenvalue weighted by atomic mass is 10.1. The van der Waals surface area contributed by atoms with E-state index in [1.807, 2.05) is 0 Å². The van der Waals surface area contributed by atoms with Gasteiger partial charge in [-0.3, -0.25) is 9.78 Å². The van der Waals surface area contributed by atoms with Crippen molar-refractivity contribution in [3.05, 3.63) is 51.2 Å². The number of aromatic nitrogens is 4. The predicted molar refractivity (Wildman–Crippen MR) is 67.8 cm³/mol. The minimum atomic E-state index is -0.224. The molecule has 7 heteroatoms. The molecule has 94 valence electrons. The van der Waals surface area contributed by atoms with Crippen LogP contribution in [0.15, 0.2) is 29.7 Å². The van der Waals surface area contributed by atoms with Crippen LogP contribution in [0.1, 0.15) is 11.1 Å². The summed E-state index contributed by atoms with van der Waals surface area (Å²) in [5.41, 5.74) is 1.18. The third kappa shape index (κ3) is 2.88. The highest BCUT2D eigenvalue weighted by Gasteiger charge is 2.04. The van der Waals surface area contributed by atoms with E-state index in [2.05, 4.69) is 15.0 Å². The van der Waals surface area contributed by atoms with Crippen molar-refractivity contribution < 1.29 is 5.11 Å². The van der Waals surface area contributed by atoms with Gasteiger partial charge in [-0.05, 0) is 17.8 Å². The molecule has 0 fully saturated rings. The Bertz CT molecular complexity index is 635. The molecular weight excluding hydrogens is 252 g/mol. The van der Waals surface area contributed by atoms with Crippen LogP contribution in [0.25, 0.3) is 0 Å². The van der Waals surface area contributed by atoms with Gasteiger partial charge in [0.2, 0.25) is 0 Å². The van der Waals surface area contributed by atoms with E-state index in [1.54, 1.807) is 23.2 Å². The Morgan fingerprint density at radius 3 is 2.78 bits per heavy atom. The Morgan fingerprint density at radius 2 is 2.11 bits per heavy atom. The number of aliphatic hydroxyl groups is 1. The number of aliphatic hydroxyl groups excluding tert-OH is 1. The Labute approximate surface area is 108 Å². The number of nitrogens with one attached hydrogen (secondary N) is 1. The summed E-state index contributed by atoms with van der Waals surface area (Å²) in [6, 6.07) is 0. The summed E-state index contributed by atoms with van der Waals surface area (Å²) in [7, 11) is 0. The van der Waals surface area contributed by atoms with Crippen molar-refractivity contribution in [2.24, 2.45) is 0 Å². The Balaban J connectivity index is 2.36. The molecule has 0 amide bonds. The predicted octanol–water partition coefficient (Wildman–Crippen LogP) is 0.279. The minimum absolute atomic E-state index is 0.0335. The van der Waals surface area contributed by atoms with Crippen molar-refractivity contribution in [1.82, 2.24) is 19.5 Å². The minimum Gasteiger partial charge on any atom is -0.395 e. The Morgan fingerprint density at radius 1 is 1.39 bits per heavy atom. The van der Waals surface area contributed by atoms with Crippen LogP contribution in [0.5, 0.6) is 0 Å². The van der Waals surface area contributed by atoms with Gasteiger partial charge >= 0.3 is 0 Å². The van der Waals surface area contributed by atoms with Crippen LogP contribution in [0.3, 0.4) is 0 Å². The van der Waals surface area contributed by atoms with E-state index in [9.17, 15) is 4.79 Å². The van der Waals surface area contributed by atoms with E-state index in [1.165, 1.54) is 6.33 Å². The van der Waals surface area contributed by atoms with Gasteiger partial charge in [-0.2, -0.15) is 0 Å². The smallest absolute Gasteiger partial charge is 0.255 e. The molecule has 2 aromatic heterocycles. The lowest BCUT2D eigenvalue weighted by Crippen LogP contribution is -2.19. The first-order valence-electron chi connectivity index (χ1n) is 5.38. The molecule has 2 N–H and O–H groups in total. The van der Waals surface area contributed by atoms with Gasteiger partial charge in [0.25, 0.3) is 5.56 Å². The van der Waals surface area contributed by atoms with Gasteiger partial charge in [0, 0.05) is 37.1 Å². The molecule has 0 saturated heterocycles. The SMILES string of the molecule is O=c1[nH]c(=S)n(CCO)cc1Cc1cncnc1. The zero-order valence-electron chi connectivity index (χ0n) is 9.54. The number of nitrogens with zero attached hydrogens (tertiary/aromatic N) is 3. The van der Waals surface area contributed by atoms with Gasteiger partial charge in [-0.25, -0.2) is 9.97 Å². The van der Waals surface area contributed by atoms with Gasteiger partial charge < -0.3 is 9.67 Å². The Kier molecular flexibility index (Phi) is 3.96. The lowest BCUT2D eigenvalue weighted by molar-refractivity contribution is 0.274. The summed E-state index contributed by atoms with van der Waals surface area (Å²) in [5.74, 6) is 0. The van der Waals surface area contributed by atoms with Crippen molar-refractivity contribution in [2.75, 3.05) is 6.61 Å². The first-order chi connectivity index (χ1) is 8.70. The van der Waals surface area contributed by atoms with Crippen molar-refractivity contribution in [2.45, 2.75) is 13.0 Å². The molecule has 0 saturated carbocycles. The molecule has 0 atom stereocenters. The standard InChI is InChI=1S/C11H12N4O2S/c16-2-1-15-6-9(10(17)14-11(15)18)3-8-4-12-7-13-5-8/h4-7,16H,1-3H2,(H,14,17,18). The lowest BCUT2D eigenvalue weighted by Gasteiger charge is -2.07. The molecule has 0 radical (unpaired) electrons. The average Bonchev–Trinajstić information content (AvgIpc) is 2.37. The van der Waals surface area contributed by atoms with E-state index in [-0.39, 0.29) is 12.2 Å². The zero-order chi connectivity index (χ0) is 13.0. The third-order valence-corrected chi connectivity index (χ3v) is 2.77. The topological polar surface area (TPSA) is 83.8 Å². The fraction of sp³-hybridized carbons (Fsp3) is 0.273. The average molecular weight is 264 g/mol. The number of hydrogen-bond acceptors (Lipinski definition) is 5. The van der Waals surface area contributed by atoms with Crippen LogP contribution in [0.2, 0.25) is 0 Å². The van der Waals surface area contributed by atoms with Crippen LogP contribution in [-0.4, -0.2) is 31.2 Å². The molecule has 2 rings (SSSR count). The van der Waals surface area contributed by atoms with Crippen molar-refractivity contribution in [1.29, 1.82) is 0 Å². The molecule has 0 aromatic carbocycles. The van der Waals surface area contributed by atoms with Crippen LogP contribution >= 0.6 is 12.2 Å². The maximum absolute atomic E-state index is 11.8. The second-order valence-electron chi connectivity index (χ2n) is 3.75. The molecule has 2 heterocycles. The molecule has 18 heavy (non-hydrogen) atoms. The highest BCUT2D eigenvalue weighted by atomic mass is 32.1. The van der Waals surface area contributed by atoms with E-state index in [0.717, 1.165) is 5.56 Å². The maximum atomic E-state index is 11.8. The highest BCUT2D eigenvalue weighted by Crippen LogP contribution is 2.02. The fourth-order valence-electron chi connectivity index (χ4n) is 1.60. The molecular formula is C11H12N4O2S. The summed E-state index contributed by atoms with van der Waals surface area (Å²) < 4.78 is 1.94. The molecule has 0 aliphatic heterocycles. The van der Waals surface area contributed by atoms with Crippen LogP contribution in [-0.2, 0) is 13.0 Å². The van der Waals surface area contributed by atoms with E-state index < -0.39 is 0 Å². The van der Waals surface area contributed by atoms with Gasteiger partial charge in [0.15, 0.2) is 4.77 Å². The van der Waals surface area contributed by atoms with Gasteiger partial charge in [-0.1, -0.05) is 0 Å². The maximum Gasteiger partial charge on any atom is 0.255 e. The zero-order valence-corrected chi connectivity index (χ0v) is 10.4. The van der Waals surface area contributed by atoms with Crippen LogP contribution < -0.4 is 5.56 Å². The van der Waals surface area contributed by atoms with Crippen molar-refractivity contribution in [3.63, 3.8) is 0 Å². The molecule has 0 aliphatic rings. The first-order valence-corrected chi connectivity index (χ1v) is 5.79. The van der Waals surface area contributed by atoms with Crippen molar-refractivity contribution in [3.8, 4) is 0 Å². The van der Waals surface area contributed by atoms with Gasteiger partial charge in [-0.15, -0.1) is 0 Å². The van der Waals surface area contributed by atoms with Crippen LogP contribution in [0.4, 0.5) is 0 Å². The summed E-state index contributed by atoms with van der Waals surface area (Å²) in [6.45, 7) is 0.322. The largest absolute Gasteiger partial charge is 0.395 e. The molecule has 0 bridgehead atoms. The molecule has 0 aliphatic carbocycles. The summed E-state index contributed by atoms with van der Waals surface area (Å²) >= 11 is 5.00. The van der Waals surface area contributed by atoms with E-state index in [0.29, 0.717) is 23.3 Å². The molecule has 0 spiro atoms. The highest BCUT2D eigenvalue weighted by molar-refractivity contribution is 7.71. The fourth-order valence-corrected chi connectivity index (χ4v) is 1.83. The summed E-state index contributed by atoms with van der Waals surface area (Å²) in [6.07, 6.45) is 6.84. The Hall–Kier alpha value is -1.86. The second kappa shape index (κ2) is 5.65. The second-order valence-corrected chi connectivity index (χ2v) is 4.14. The molecule has 0 unspecified atom stereocenters. The number of rotatable bonds is 4. The summed E-state index contributed by atoms with van der Waals surface area (Å²) in [4.78, 5) is 22.1. The first kappa shape index (κ1) is 12.6. The number of aromatic amines is 1. The third-order valence-electron chi connectivity index (χ3n) is 2.43. The number of hydrogen-bond donors (Lipinski definition) is 2. The van der Waals surface area contributed by atoms with E-state index in [4.69, 9.17) is 17.3 Å². The van der Waals surface area contributed by atoms with Crippen molar-refractivity contribution >= 4 is 12.2 Å². The van der Waals surface area contributed by atoms with Gasteiger partial charge in [0.05, 0.1) is 6.61 Å². The van der Waals surface area contributed by atoms with Gasteiger partial charge in [0.1, 0.15) is 6.33 Å². The normalized spacial score (nSPS) is 10.5. The quantitative estimate of drug-likeness (QED) is 0.775. The molecule has 2 aromatic rings.